The van der Waals surface area contributed by atoms with Crippen molar-refractivity contribution in [3.63, 3.8) is 0 Å². The van der Waals surface area contributed by atoms with Gasteiger partial charge in [0.05, 0.1) is 38.3 Å². The second kappa shape index (κ2) is 20.4. The molecule has 1 aliphatic carbocycles. The van der Waals surface area contributed by atoms with Crippen LogP contribution in [-0.2, 0) is 28.7 Å². The monoisotopic (exact) mass is 951 g/mol. The molecule has 316 valence electrons. The summed E-state index contributed by atoms with van der Waals surface area (Å²) in [6, 6.07) is 12.4. The predicted octanol–water partition coefficient (Wildman–Crippen LogP) is -0.699. The molecule has 0 aromatic heterocycles. The molecule has 18 nitrogen and oxygen atoms in total. The number of likely N-dealkylation sites (tertiary alicyclic amines) is 2. The van der Waals surface area contributed by atoms with E-state index >= 15 is 0 Å². The van der Waals surface area contributed by atoms with E-state index in [2.05, 4.69) is 0 Å². The zero-order valence-electron chi connectivity index (χ0n) is 32.1. The van der Waals surface area contributed by atoms with Gasteiger partial charge in [-0.2, -0.15) is 0 Å². The number of aliphatic hydroxyl groups excluding tert-OH is 1. The number of rotatable bonds is 11. The molecule has 0 bridgehead atoms. The Morgan fingerprint density at radius 3 is 1.60 bits per heavy atom. The number of aliphatic carboxylic acids is 3. The summed E-state index contributed by atoms with van der Waals surface area (Å²) in [5, 5.41) is 40.8. The molecule has 0 radical (unpaired) electrons. The number of β-amino-alcohol motifs (C(OH)–C–C–N with tert-alkyl or cyclic N) is 1. The molecule has 3 fully saturated rings. The number of carboxylic acids is 3. The first-order valence-electron chi connectivity index (χ1n) is 19.3. The summed E-state index contributed by atoms with van der Waals surface area (Å²) in [5.74, 6) is -4.85. The first-order valence-corrected chi connectivity index (χ1v) is 19.3. The van der Waals surface area contributed by atoms with Crippen LogP contribution < -0.4 is 5.73 Å². The zero-order chi connectivity index (χ0) is 40.8. The number of aliphatic hydroxyl groups is 1. The van der Waals surface area contributed by atoms with Crippen molar-refractivity contribution in [2.24, 2.45) is 5.73 Å². The maximum absolute atomic E-state index is 14.7. The Kier molecular flexibility index (Phi) is 16.0. The Morgan fingerprint density at radius 2 is 1.14 bits per heavy atom. The molecule has 19 heteroatoms. The minimum atomic E-state index is -1.34. The van der Waals surface area contributed by atoms with Crippen molar-refractivity contribution in [3.8, 4) is 11.1 Å². The van der Waals surface area contributed by atoms with E-state index in [9.17, 15) is 49.2 Å². The normalized spacial score (nSPS) is 23.9. The maximum atomic E-state index is 14.7. The van der Waals surface area contributed by atoms with Crippen LogP contribution in [0.2, 0.25) is 0 Å². The van der Waals surface area contributed by atoms with Gasteiger partial charge in [-0.15, -0.1) is 0 Å². The van der Waals surface area contributed by atoms with Crippen LogP contribution >= 0.6 is 0 Å². The molecule has 0 saturated carbocycles. The average Bonchev–Trinajstić information content (AvgIpc) is 3.88. The Morgan fingerprint density at radius 1 is 0.672 bits per heavy atom. The summed E-state index contributed by atoms with van der Waals surface area (Å²) in [7, 11) is 0. The molecule has 3 aliphatic heterocycles. The Hall–Kier alpha value is -3.82. The van der Waals surface area contributed by atoms with Crippen molar-refractivity contribution in [3.05, 3.63) is 59.7 Å². The molecule has 6 rings (SSSR count). The fourth-order valence-corrected chi connectivity index (χ4v) is 8.80. The summed E-state index contributed by atoms with van der Waals surface area (Å²) in [6.45, 7) is -0.0401. The molecular weight excluding hydrogens is 900 g/mol. The van der Waals surface area contributed by atoms with Crippen molar-refractivity contribution in [1.82, 2.24) is 29.4 Å². The second-order valence-electron chi connectivity index (χ2n) is 15.1. The molecular formula is C39H51GdN7O11. The molecule has 4 atom stereocenters. The Bertz CT molecular complexity index is 1760. The van der Waals surface area contributed by atoms with Crippen LogP contribution in [0.3, 0.4) is 0 Å². The molecule has 4 aliphatic rings. The van der Waals surface area contributed by atoms with E-state index in [4.69, 9.17) is 10.5 Å². The van der Waals surface area contributed by atoms with Gasteiger partial charge in [0.1, 0.15) is 18.7 Å². The van der Waals surface area contributed by atoms with Gasteiger partial charge in [-0.25, -0.2) is 4.79 Å². The minimum absolute atomic E-state index is 0. The van der Waals surface area contributed by atoms with E-state index in [1.807, 2.05) is 48.5 Å². The van der Waals surface area contributed by atoms with Crippen LogP contribution in [0.15, 0.2) is 48.5 Å². The fraction of sp³-hybridized carbons (Fsp3) is 0.538. The van der Waals surface area contributed by atoms with Crippen molar-refractivity contribution < 1.29 is 93.9 Å². The standard InChI is InChI=1S/C39H51N7O11.Gd/c40-37(54)30-10-5-11-45(30)38(55)36-35(31(47)20-46(36)39(56)57-24-29-27-8-3-1-6-25(27)26-7-2-4-9-28(26)29)44-18-16-42(22-33(50)51)14-12-41(21-32(48)49)13-15-43(17-19-44)23-34(52)53;/h1-4,6-9,29-31,35-36,47H,5,10-24H2,(H2,40,54)(H,48,49)(H,50,51)(H,52,53);/t30-,31-,35?,36-;/m0./s1. The van der Waals surface area contributed by atoms with E-state index in [1.165, 1.54) is 9.80 Å². The van der Waals surface area contributed by atoms with Gasteiger partial charge in [0.15, 0.2) is 0 Å². The molecule has 0 spiro atoms. The van der Waals surface area contributed by atoms with E-state index in [1.54, 1.807) is 19.6 Å². The SMILES string of the molecule is NC(=O)[C@@H]1CCCN1C(=O)[C@@H]1C(N2CCN(CC(=O)O)CCN(CC(=O)O)CCN(CC(=O)O)CC2)[C@@H](O)CN1C(=O)OCC1c2ccccc2-c2ccccc21.[Gd]. The Balaban J connectivity index is 0.00000641. The van der Waals surface area contributed by atoms with Crippen LogP contribution in [-0.4, -0.2) is 202 Å². The first kappa shape index (κ1) is 45.3. The molecule has 3 heterocycles. The number of ether oxygens (including phenoxy) is 1. The van der Waals surface area contributed by atoms with Crippen molar-refractivity contribution in [2.45, 2.75) is 43.0 Å². The van der Waals surface area contributed by atoms with Crippen LogP contribution in [0, 0.1) is 39.9 Å². The number of carboxylic acid groups (broad SMARTS) is 3. The third-order valence-corrected chi connectivity index (χ3v) is 11.5. The molecule has 2 aromatic carbocycles. The molecule has 58 heavy (non-hydrogen) atoms. The van der Waals surface area contributed by atoms with E-state index < -0.39 is 60.0 Å². The second-order valence-corrected chi connectivity index (χ2v) is 15.1. The number of hydrogen-bond donors (Lipinski definition) is 5. The number of nitrogens with two attached hydrogens (primary N) is 1. The summed E-state index contributed by atoms with van der Waals surface area (Å²) in [4.78, 5) is 86.1. The number of nitrogens with zero attached hydrogens (tertiary/aromatic N) is 6. The third-order valence-electron chi connectivity index (χ3n) is 11.5. The Labute approximate surface area is 368 Å². The van der Waals surface area contributed by atoms with Crippen LogP contribution in [0.5, 0.6) is 0 Å². The molecule has 3 amide bonds. The zero-order valence-corrected chi connectivity index (χ0v) is 34.3. The number of carbonyl (C=O) groups is 6. The quantitative estimate of drug-likeness (QED) is 0.187. The number of primary amides is 1. The van der Waals surface area contributed by atoms with Gasteiger partial charge in [-0.3, -0.25) is 48.5 Å². The van der Waals surface area contributed by atoms with Gasteiger partial charge in [-0.05, 0) is 35.1 Å². The number of carbonyl (C=O) groups excluding carboxylic acids is 3. The molecule has 1 unspecified atom stereocenters. The van der Waals surface area contributed by atoms with Gasteiger partial charge in [0, 0.05) is 105 Å². The first-order chi connectivity index (χ1) is 27.3. The predicted molar refractivity (Wildman–Crippen MR) is 203 cm³/mol. The maximum Gasteiger partial charge on any atom is 0.410 e. The number of hydrogen-bond acceptors (Lipinski definition) is 12. The number of amides is 3. The number of benzene rings is 2. The summed E-state index contributed by atoms with van der Waals surface area (Å²) in [5.41, 5.74) is 9.76. The fourth-order valence-electron chi connectivity index (χ4n) is 8.80. The van der Waals surface area contributed by atoms with Gasteiger partial charge in [0.2, 0.25) is 11.8 Å². The van der Waals surface area contributed by atoms with Gasteiger partial charge in [0.25, 0.3) is 0 Å². The molecule has 6 N–H and O–H groups in total. The van der Waals surface area contributed by atoms with Gasteiger partial charge in [-0.1, -0.05) is 48.5 Å². The van der Waals surface area contributed by atoms with Crippen LogP contribution in [0.1, 0.15) is 29.9 Å². The molecule has 3 saturated heterocycles. The molecule has 2 aromatic rings. The van der Waals surface area contributed by atoms with E-state index in [0.29, 0.717) is 12.8 Å². The topological polar surface area (TPSA) is 238 Å². The van der Waals surface area contributed by atoms with Crippen LogP contribution in [0.25, 0.3) is 11.1 Å². The van der Waals surface area contributed by atoms with E-state index in [-0.39, 0.29) is 138 Å². The number of fused-ring (bicyclic) bond motifs is 3. The third kappa shape index (κ3) is 10.7. The van der Waals surface area contributed by atoms with Gasteiger partial charge >= 0.3 is 24.0 Å². The summed E-state index contributed by atoms with van der Waals surface area (Å²) < 4.78 is 6.00. The van der Waals surface area contributed by atoms with Crippen molar-refractivity contribution in [2.75, 3.05) is 91.7 Å². The average molecular weight is 951 g/mol. The van der Waals surface area contributed by atoms with Crippen molar-refractivity contribution in [1.29, 1.82) is 0 Å². The van der Waals surface area contributed by atoms with Crippen LogP contribution in [0.4, 0.5) is 4.79 Å². The van der Waals surface area contributed by atoms with Gasteiger partial charge < -0.3 is 35.8 Å². The summed E-state index contributed by atoms with van der Waals surface area (Å²) >= 11 is 0. The largest absolute Gasteiger partial charge is 0.480 e. The van der Waals surface area contributed by atoms with Crippen molar-refractivity contribution >= 4 is 35.8 Å². The summed E-state index contributed by atoms with van der Waals surface area (Å²) in [6.07, 6.45) is -1.29. The minimum Gasteiger partial charge on any atom is -0.480 e. The van der Waals surface area contributed by atoms with E-state index in [0.717, 1.165) is 22.3 Å². The smallest absolute Gasteiger partial charge is 0.410 e.